The molecule has 0 atom stereocenters. The summed E-state index contributed by atoms with van der Waals surface area (Å²) < 4.78 is 48.6. The molecule has 122 valence electrons. The number of ether oxygens (including phenoxy) is 2. The maximum absolute atomic E-state index is 12.6. The number of halogens is 5. The zero-order chi connectivity index (χ0) is 17.2. The van der Waals surface area contributed by atoms with Crippen molar-refractivity contribution in [1.82, 2.24) is 0 Å². The number of benzene rings is 2. The van der Waals surface area contributed by atoms with Gasteiger partial charge in [-0.1, -0.05) is 11.6 Å². The fourth-order valence-corrected chi connectivity index (χ4v) is 2.50. The first-order valence-electron chi connectivity index (χ1n) is 6.15. The fourth-order valence-electron chi connectivity index (χ4n) is 1.72. The average molecular weight is 457 g/mol. The van der Waals surface area contributed by atoms with Gasteiger partial charge < -0.3 is 9.47 Å². The second-order valence-electron chi connectivity index (χ2n) is 4.38. The molecular weight excluding hydrogens is 448 g/mol. The summed E-state index contributed by atoms with van der Waals surface area (Å²) in [5.74, 6) is -0.234. The van der Waals surface area contributed by atoms with Gasteiger partial charge in [0.15, 0.2) is 0 Å². The largest absolute Gasteiger partial charge is 0.465 e. The Labute approximate surface area is 148 Å². The highest BCUT2D eigenvalue weighted by molar-refractivity contribution is 14.1. The molecule has 0 aromatic heterocycles. The van der Waals surface area contributed by atoms with Gasteiger partial charge in [0, 0.05) is 3.57 Å². The standard InChI is InChI=1S/C15H9ClF3IO3/c1-22-14(21)10-7-9(3-4-12(10)20)23-13-5-2-8(6-11(13)16)15(17,18)19/h2-7H,1H3. The van der Waals surface area contributed by atoms with E-state index in [0.717, 1.165) is 18.2 Å². The number of carbonyl (C=O) groups is 1. The maximum atomic E-state index is 12.6. The van der Waals surface area contributed by atoms with E-state index in [1.807, 2.05) is 22.6 Å². The highest BCUT2D eigenvalue weighted by Crippen LogP contribution is 2.36. The summed E-state index contributed by atoms with van der Waals surface area (Å²) in [5, 5.41) is -0.182. The molecule has 2 aromatic rings. The van der Waals surface area contributed by atoms with E-state index >= 15 is 0 Å². The minimum absolute atomic E-state index is 0.0525. The molecular formula is C15H9ClF3IO3. The van der Waals surface area contributed by atoms with E-state index in [9.17, 15) is 18.0 Å². The van der Waals surface area contributed by atoms with Crippen LogP contribution in [-0.2, 0) is 10.9 Å². The van der Waals surface area contributed by atoms with Crippen LogP contribution in [0.3, 0.4) is 0 Å². The molecule has 0 heterocycles. The predicted molar refractivity (Wildman–Crippen MR) is 87.0 cm³/mol. The van der Waals surface area contributed by atoms with Gasteiger partial charge in [-0.25, -0.2) is 4.79 Å². The van der Waals surface area contributed by atoms with E-state index < -0.39 is 17.7 Å². The smallest absolute Gasteiger partial charge is 0.416 e. The van der Waals surface area contributed by atoms with Crippen molar-refractivity contribution in [3.05, 3.63) is 56.1 Å². The summed E-state index contributed by atoms with van der Waals surface area (Å²) in [6.07, 6.45) is -4.48. The van der Waals surface area contributed by atoms with Crippen molar-refractivity contribution in [3.63, 3.8) is 0 Å². The molecule has 8 heteroatoms. The van der Waals surface area contributed by atoms with Gasteiger partial charge in [-0.15, -0.1) is 0 Å². The maximum Gasteiger partial charge on any atom is 0.416 e. The molecule has 0 N–H and O–H groups in total. The molecule has 0 saturated carbocycles. The van der Waals surface area contributed by atoms with Crippen LogP contribution in [0.15, 0.2) is 36.4 Å². The van der Waals surface area contributed by atoms with Crippen molar-refractivity contribution in [2.75, 3.05) is 7.11 Å². The van der Waals surface area contributed by atoms with Crippen molar-refractivity contribution < 1.29 is 27.4 Å². The van der Waals surface area contributed by atoms with Crippen molar-refractivity contribution in [2.45, 2.75) is 6.18 Å². The number of hydrogen-bond donors (Lipinski definition) is 0. The average Bonchev–Trinajstić information content (AvgIpc) is 2.49. The Morgan fingerprint density at radius 3 is 2.43 bits per heavy atom. The van der Waals surface area contributed by atoms with Gasteiger partial charge in [0.2, 0.25) is 0 Å². The summed E-state index contributed by atoms with van der Waals surface area (Å²) in [7, 11) is 1.25. The van der Waals surface area contributed by atoms with Gasteiger partial charge in [0.1, 0.15) is 11.5 Å². The van der Waals surface area contributed by atoms with Crippen LogP contribution in [0.2, 0.25) is 5.02 Å². The predicted octanol–water partition coefficient (Wildman–Crippen LogP) is 5.54. The monoisotopic (exact) mass is 456 g/mol. The Kier molecular flexibility index (Phi) is 5.41. The number of rotatable bonds is 3. The third-order valence-electron chi connectivity index (χ3n) is 2.83. The van der Waals surface area contributed by atoms with Gasteiger partial charge >= 0.3 is 12.1 Å². The van der Waals surface area contributed by atoms with Crippen LogP contribution >= 0.6 is 34.2 Å². The van der Waals surface area contributed by atoms with Gasteiger partial charge in [-0.3, -0.25) is 0 Å². The van der Waals surface area contributed by atoms with E-state index in [-0.39, 0.29) is 22.1 Å². The van der Waals surface area contributed by atoms with Gasteiger partial charge in [-0.2, -0.15) is 13.2 Å². The van der Waals surface area contributed by atoms with Crippen LogP contribution in [-0.4, -0.2) is 13.1 Å². The fraction of sp³-hybridized carbons (Fsp3) is 0.133. The highest BCUT2D eigenvalue weighted by Gasteiger charge is 2.31. The Morgan fingerprint density at radius 1 is 1.17 bits per heavy atom. The molecule has 3 nitrogen and oxygen atoms in total. The van der Waals surface area contributed by atoms with E-state index in [4.69, 9.17) is 16.3 Å². The molecule has 2 rings (SSSR count). The Morgan fingerprint density at radius 2 is 1.87 bits per heavy atom. The summed E-state index contributed by atoms with van der Waals surface area (Å²) in [6, 6.07) is 7.41. The lowest BCUT2D eigenvalue weighted by atomic mass is 10.2. The zero-order valence-corrected chi connectivity index (χ0v) is 14.5. The minimum Gasteiger partial charge on any atom is -0.465 e. The topological polar surface area (TPSA) is 35.5 Å². The lowest BCUT2D eigenvalue weighted by Gasteiger charge is -2.12. The van der Waals surface area contributed by atoms with Crippen LogP contribution in [0.1, 0.15) is 15.9 Å². The van der Waals surface area contributed by atoms with Gasteiger partial charge in [0.25, 0.3) is 0 Å². The lowest BCUT2D eigenvalue weighted by molar-refractivity contribution is -0.137. The van der Waals surface area contributed by atoms with Crippen molar-refractivity contribution >= 4 is 40.2 Å². The van der Waals surface area contributed by atoms with E-state index in [1.165, 1.54) is 13.2 Å². The third kappa shape index (κ3) is 4.29. The SMILES string of the molecule is COC(=O)c1cc(Oc2ccc(C(F)(F)F)cc2Cl)ccc1I. The first-order valence-corrected chi connectivity index (χ1v) is 7.60. The third-order valence-corrected chi connectivity index (χ3v) is 4.07. The summed E-state index contributed by atoms with van der Waals surface area (Å²) in [6.45, 7) is 0. The van der Waals surface area contributed by atoms with Crippen LogP contribution in [0, 0.1) is 3.57 Å². The summed E-state index contributed by atoms with van der Waals surface area (Å²) in [4.78, 5) is 11.6. The van der Waals surface area contributed by atoms with Crippen molar-refractivity contribution in [2.24, 2.45) is 0 Å². The van der Waals surface area contributed by atoms with Crippen LogP contribution < -0.4 is 4.74 Å². The molecule has 23 heavy (non-hydrogen) atoms. The molecule has 0 saturated heterocycles. The van der Waals surface area contributed by atoms with Crippen molar-refractivity contribution in [1.29, 1.82) is 0 Å². The molecule has 0 spiro atoms. The summed E-state index contributed by atoms with van der Waals surface area (Å²) in [5.41, 5.74) is -0.582. The molecule has 0 aliphatic heterocycles. The van der Waals surface area contributed by atoms with Gasteiger partial charge in [-0.05, 0) is 59.0 Å². The number of alkyl halides is 3. The molecule has 0 aliphatic rings. The minimum atomic E-state index is -4.48. The molecule has 0 aliphatic carbocycles. The first kappa shape index (κ1) is 17.9. The quantitative estimate of drug-likeness (QED) is 0.449. The number of esters is 1. The van der Waals surface area contributed by atoms with Crippen LogP contribution in [0.4, 0.5) is 13.2 Å². The van der Waals surface area contributed by atoms with E-state index in [0.29, 0.717) is 3.57 Å². The normalized spacial score (nSPS) is 11.2. The molecule has 0 radical (unpaired) electrons. The van der Waals surface area contributed by atoms with Crippen LogP contribution in [0.25, 0.3) is 0 Å². The molecule has 0 fully saturated rings. The number of methoxy groups -OCH3 is 1. The number of hydrogen-bond acceptors (Lipinski definition) is 3. The lowest BCUT2D eigenvalue weighted by Crippen LogP contribution is -2.05. The molecule has 0 amide bonds. The Hall–Kier alpha value is -1.48. The second-order valence-corrected chi connectivity index (χ2v) is 5.95. The first-order chi connectivity index (χ1) is 10.7. The van der Waals surface area contributed by atoms with Crippen molar-refractivity contribution in [3.8, 4) is 11.5 Å². The van der Waals surface area contributed by atoms with E-state index in [2.05, 4.69) is 4.74 Å². The van der Waals surface area contributed by atoms with Gasteiger partial charge in [0.05, 0.1) is 23.3 Å². The zero-order valence-electron chi connectivity index (χ0n) is 11.6. The van der Waals surface area contributed by atoms with E-state index in [1.54, 1.807) is 12.1 Å². The Bertz CT molecular complexity index is 747. The molecule has 0 bridgehead atoms. The van der Waals surface area contributed by atoms with Crippen LogP contribution in [0.5, 0.6) is 11.5 Å². The second kappa shape index (κ2) is 6.96. The number of carbonyl (C=O) groups excluding carboxylic acids is 1. The molecule has 2 aromatic carbocycles. The summed E-state index contributed by atoms with van der Waals surface area (Å²) >= 11 is 7.79. The Balaban J connectivity index is 2.31. The highest BCUT2D eigenvalue weighted by atomic mass is 127. The molecule has 0 unspecified atom stereocenters.